The van der Waals surface area contributed by atoms with Crippen molar-refractivity contribution in [3.05, 3.63) is 0 Å². The van der Waals surface area contributed by atoms with E-state index in [1.165, 1.54) is 0 Å². The topological polar surface area (TPSA) is 59.0 Å². The third-order valence-corrected chi connectivity index (χ3v) is 5.93. The summed E-state index contributed by atoms with van der Waals surface area (Å²) in [6.45, 7) is 5.29. The number of hydrogen-bond donors (Lipinski definition) is 1. The molecular formula is C16H27NO4. The van der Waals surface area contributed by atoms with Gasteiger partial charge in [0.25, 0.3) is 0 Å². The van der Waals surface area contributed by atoms with Gasteiger partial charge in [0, 0.05) is 18.9 Å². The quantitative estimate of drug-likeness (QED) is 0.866. The Hall–Kier alpha value is -0.650. The van der Waals surface area contributed by atoms with Crippen LogP contribution in [0.1, 0.15) is 51.9 Å². The van der Waals surface area contributed by atoms with E-state index in [9.17, 15) is 9.90 Å². The molecule has 3 fully saturated rings. The number of likely N-dealkylation sites (tertiary alicyclic amines) is 1. The summed E-state index contributed by atoms with van der Waals surface area (Å²) < 4.78 is 11.6. The maximum absolute atomic E-state index is 11.5. The van der Waals surface area contributed by atoms with Crippen LogP contribution in [0.4, 0.5) is 0 Å². The third kappa shape index (κ3) is 2.83. The first-order valence-corrected chi connectivity index (χ1v) is 8.35. The second kappa shape index (κ2) is 5.86. The first-order valence-electron chi connectivity index (χ1n) is 8.35. The van der Waals surface area contributed by atoms with E-state index in [1.807, 2.05) is 6.92 Å². The molecule has 0 radical (unpaired) electrons. The first-order chi connectivity index (χ1) is 10.1. The normalized spacial score (nSPS) is 29.8. The molecule has 3 rings (SSSR count). The van der Waals surface area contributed by atoms with E-state index in [0.29, 0.717) is 6.04 Å². The van der Waals surface area contributed by atoms with E-state index in [2.05, 4.69) is 4.90 Å². The number of hydrogen-bond acceptors (Lipinski definition) is 4. The average molecular weight is 297 g/mol. The largest absolute Gasteiger partial charge is 0.481 e. The lowest BCUT2D eigenvalue weighted by molar-refractivity contribution is -0.185. The average Bonchev–Trinajstić information content (AvgIpc) is 2.96. The van der Waals surface area contributed by atoms with Crippen LogP contribution in [0.5, 0.6) is 0 Å². The predicted octanol–water partition coefficient (Wildman–Crippen LogP) is 2.25. The fraction of sp³-hybridized carbons (Fsp3) is 0.938. The van der Waals surface area contributed by atoms with Crippen LogP contribution < -0.4 is 0 Å². The Morgan fingerprint density at radius 1 is 1.14 bits per heavy atom. The van der Waals surface area contributed by atoms with Gasteiger partial charge < -0.3 is 19.5 Å². The molecule has 3 aliphatic rings. The Balaban J connectivity index is 1.53. The highest BCUT2D eigenvalue weighted by Gasteiger charge is 2.44. The molecule has 1 spiro atoms. The summed E-state index contributed by atoms with van der Waals surface area (Å²) >= 11 is 0. The van der Waals surface area contributed by atoms with Gasteiger partial charge in [-0.2, -0.15) is 0 Å². The molecule has 21 heavy (non-hydrogen) atoms. The van der Waals surface area contributed by atoms with Gasteiger partial charge in [-0.3, -0.25) is 4.79 Å². The molecule has 120 valence electrons. The molecule has 0 amide bonds. The molecule has 5 nitrogen and oxygen atoms in total. The highest BCUT2D eigenvalue weighted by Crippen LogP contribution is 2.40. The molecule has 2 heterocycles. The van der Waals surface area contributed by atoms with Gasteiger partial charge in [-0.15, -0.1) is 0 Å². The van der Waals surface area contributed by atoms with Crippen LogP contribution in [0.2, 0.25) is 0 Å². The molecule has 1 aliphatic carbocycles. The Kier molecular flexibility index (Phi) is 4.26. The number of piperidine rings is 1. The summed E-state index contributed by atoms with van der Waals surface area (Å²) in [6.07, 6.45) is 6.48. The van der Waals surface area contributed by atoms with Gasteiger partial charge in [0.1, 0.15) is 0 Å². The highest BCUT2D eigenvalue weighted by molar-refractivity contribution is 5.74. The number of nitrogens with zero attached hydrogens (tertiary/aromatic N) is 1. The van der Waals surface area contributed by atoms with Crippen molar-refractivity contribution in [2.24, 2.45) is 5.41 Å². The Labute approximate surface area is 126 Å². The summed E-state index contributed by atoms with van der Waals surface area (Å²) in [5, 5.41) is 9.47. The summed E-state index contributed by atoms with van der Waals surface area (Å²) in [7, 11) is 0. The molecule has 0 atom stereocenters. The second-order valence-electron chi connectivity index (χ2n) is 6.81. The summed E-state index contributed by atoms with van der Waals surface area (Å²) in [5.74, 6) is -0.902. The van der Waals surface area contributed by atoms with Crippen LogP contribution >= 0.6 is 0 Å². The molecule has 0 unspecified atom stereocenters. The van der Waals surface area contributed by atoms with Gasteiger partial charge in [-0.05, 0) is 45.2 Å². The summed E-state index contributed by atoms with van der Waals surface area (Å²) in [5.41, 5.74) is -0.482. The lowest BCUT2D eigenvalue weighted by Gasteiger charge is -2.45. The molecule has 0 bridgehead atoms. The van der Waals surface area contributed by atoms with Gasteiger partial charge >= 0.3 is 5.97 Å². The van der Waals surface area contributed by atoms with E-state index in [-0.39, 0.29) is 5.79 Å². The van der Waals surface area contributed by atoms with Crippen molar-refractivity contribution >= 4 is 5.97 Å². The van der Waals surface area contributed by atoms with Crippen LogP contribution in [-0.2, 0) is 14.3 Å². The Bertz CT molecular complexity index is 374. The van der Waals surface area contributed by atoms with Gasteiger partial charge in [0.05, 0.1) is 18.6 Å². The van der Waals surface area contributed by atoms with Gasteiger partial charge in [-0.1, -0.05) is 6.92 Å². The van der Waals surface area contributed by atoms with Gasteiger partial charge in [0.2, 0.25) is 0 Å². The van der Waals surface area contributed by atoms with Crippen molar-refractivity contribution < 1.29 is 19.4 Å². The third-order valence-electron chi connectivity index (χ3n) is 5.93. The summed E-state index contributed by atoms with van der Waals surface area (Å²) in [6, 6.07) is 0.576. The van der Waals surface area contributed by atoms with Crippen molar-refractivity contribution in [2.45, 2.75) is 63.7 Å². The predicted molar refractivity (Wildman–Crippen MR) is 78.1 cm³/mol. The molecule has 2 saturated heterocycles. The fourth-order valence-electron chi connectivity index (χ4n) is 4.23. The zero-order valence-corrected chi connectivity index (χ0v) is 13.0. The molecule has 1 saturated carbocycles. The number of aliphatic carboxylic acids is 1. The van der Waals surface area contributed by atoms with Crippen molar-refractivity contribution in [1.82, 2.24) is 4.90 Å². The van der Waals surface area contributed by atoms with Crippen molar-refractivity contribution in [1.29, 1.82) is 0 Å². The highest BCUT2D eigenvalue weighted by atomic mass is 16.7. The minimum absolute atomic E-state index is 0.291. The zero-order valence-electron chi connectivity index (χ0n) is 13.0. The monoisotopic (exact) mass is 297 g/mol. The molecule has 0 aromatic heterocycles. The van der Waals surface area contributed by atoms with Crippen molar-refractivity contribution in [3.8, 4) is 0 Å². The maximum Gasteiger partial charge on any atom is 0.309 e. The number of carbonyl (C=O) groups is 1. The molecule has 0 aromatic carbocycles. The van der Waals surface area contributed by atoms with E-state index < -0.39 is 11.4 Å². The van der Waals surface area contributed by atoms with Crippen LogP contribution in [0.25, 0.3) is 0 Å². The van der Waals surface area contributed by atoms with Gasteiger partial charge in [0.15, 0.2) is 5.79 Å². The number of rotatable bonds is 3. The molecule has 0 aromatic rings. The molecular weight excluding hydrogens is 270 g/mol. The smallest absolute Gasteiger partial charge is 0.309 e. The lowest BCUT2D eigenvalue weighted by atomic mass is 9.75. The maximum atomic E-state index is 11.5. The number of carboxylic acid groups (broad SMARTS) is 1. The number of carboxylic acids is 1. The van der Waals surface area contributed by atoms with Crippen molar-refractivity contribution in [3.63, 3.8) is 0 Å². The molecule has 1 N–H and O–H groups in total. The molecule has 5 heteroatoms. The van der Waals surface area contributed by atoms with E-state index in [1.54, 1.807) is 0 Å². The first kappa shape index (κ1) is 15.3. The second-order valence-corrected chi connectivity index (χ2v) is 6.81. The van der Waals surface area contributed by atoms with Crippen LogP contribution in [0, 0.1) is 5.41 Å². The minimum Gasteiger partial charge on any atom is -0.481 e. The minimum atomic E-state index is -0.611. The SMILES string of the molecule is CCC1(C(=O)O)CCN(C2CCC3(CC2)OCCO3)CC1. The Morgan fingerprint density at radius 3 is 2.19 bits per heavy atom. The van der Waals surface area contributed by atoms with Gasteiger partial charge in [-0.25, -0.2) is 0 Å². The Morgan fingerprint density at radius 2 is 1.71 bits per heavy atom. The summed E-state index contributed by atoms with van der Waals surface area (Å²) in [4.78, 5) is 14.0. The zero-order chi connectivity index (χ0) is 14.9. The standard InChI is InChI=1S/C16H27NO4/c1-2-15(14(18)19)7-9-17(10-8-15)13-3-5-16(6-4-13)20-11-12-21-16/h13H,2-12H2,1H3,(H,18,19). The van der Waals surface area contributed by atoms with E-state index >= 15 is 0 Å². The van der Waals surface area contributed by atoms with Crippen LogP contribution in [0.15, 0.2) is 0 Å². The van der Waals surface area contributed by atoms with Crippen LogP contribution in [-0.4, -0.2) is 54.1 Å². The van der Waals surface area contributed by atoms with E-state index in [0.717, 1.165) is 71.2 Å². The van der Waals surface area contributed by atoms with E-state index in [4.69, 9.17) is 9.47 Å². The van der Waals surface area contributed by atoms with Crippen molar-refractivity contribution in [2.75, 3.05) is 26.3 Å². The fourth-order valence-corrected chi connectivity index (χ4v) is 4.23. The van der Waals surface area contributed by atoms with Crippen LogP contribution in [0.3, 0.4) is 0 Å². The lowest BCUT2D eigenvalue weighted by Crippen LogP contribution is -2.50. The molecule has 2 aliphatic heterocycles. The number of ether oxygens (including phenoxy) is 2.